The Bertz CT molecular complexity index is 888. The minimum Gasteiger partial charge on any atom is -0.394 e. The lowest BCUT2D eigenvalue weighted by Crippen LogP contribution is -2.45. The van der Waals surface area contributed by atoms with E-state index in [-0.39, 0.29) is 12.5 Å². The van der Waals surface area contributed by atoms with E-state index >= 15 is 0 Å². The first-order valence-corrected chi connectivity index (χ1v) is 23.0. The first kappa shape index (κ1) is 51.1. The molecule has 0 spiro atoms. The molecule has 2 unspecified atom stereocenters. The standard InChI is InChI=1S/C49H89NO3/c1-3-5-7-9-11-13-15-17-19-21-22-23-24-25-26-27-28-29-31-33-35-37-39-41-43-45-49(53)50-47(46-51)48(52)44-42-40-38-36-34-32-30-20-18-16-14-12-10-8-6-4-2/h15,17-18,20-22,34,36,42,44,47-48,51-52H,3-14,16,19,23-33,35,37-41,43,45-46H2,1-2H3,(H,50,53)/b17-15-,20-18+,22-21-,36-34+,44-42+. The molecule has 2 atom stereocenters. The largest absolute Gasteiger partial charge is 0.394 e. The molecule has 308 valence electrons. The molecular weight excluding hydrogens is 651 g/mol. The molecule has 4 heteroatoms. The number of aliphatic hydroxyl groups is 2. The normalized spacial score (nSPS) is 13.5. The van der Waals surface area contributed by atoms with Crippen LogP contribution in [-0.2, 0) is 4.79 Å². The van der Waals surface area contributed by atoms with E-state index in [2.05, 4.69) is 67.8 Å². The van der Waals surface area contributed by atoms with Crippen LogP contribution in [0.5, 0.6) is 0 Å². The van der Waals surface area contributed by atoms with Crippen molar-refractivity contribution in [2.24, 2.45) is 0 Å². The second-order valence-corrected chi connectivity index (χ2v) is 15.4. The SMILES string of the molecule is CCCCCCC/C=C\C/C=C\CCCCCCCCCCCCCCCC(=O)NC(CO)C(O)/C=C/CC/C=C/CC/C=C/CCCCCCCC. The second kappa shape index (κ2) is 44.5. The van der Waals surface area contributed by atoms with Crippen molar-refractivity contribution in [2.75, 3.05) is 6.61 Å². The van der Waals surface area contributed by atoms with E-state index in [0.717, 1.165) is 44.9 Å². The van der Waals surface area contributed by atoms with Gasteiger partial charge in [0, 0.05) is 6.42 Å². The Morgan fingerprint density at radius 2 is 0.792 bits per heavy atom. The van der Waals surface area contributed by atoms with Gasteiger partial charge in [0.25, 0.3) is 0 Å². The summed E-state index contributed by atoms with van der Waals surface area (Å²) in [6.07, 6.45) is 61.9. The van der Waals surface area contributed by atoms with E-state index in [4.69, 9.17) is 0 Å². The van der Waals surface area contributed by atoms with Gasteiger partial charge in [-0.05, 0) is 77.0 Å². The Balaban J connectivity index is 3.60. The van der Waals surface area contributed by atoms with Crippen LogP contribution in [-0.4, -0.2) is 34.9 Å². The Hall–Kier alpha value is -1.91. The maximum absolute atomic E-state index is 12.4. The lowest BCUT2D eigenvalue weighted by atomic mass is 10.0. The number of allylic oxidation sites excluding steroid dienone is 9. The van der Waals surface area contributed by atoms with Crippen molar-refractivity contribution in [1.29, 1.82) is 0 Å². The van der Waals surface area contributed by atoms with Crippen molar-refractivity contribution in [2.45, 2.75) is 238 Å². The third-order valence-electron chi connectivity index (χ3n) is 10.2. The topological polar surface area (TPSA) is 69.6 Å². The number of hydrogen-bond acceptors (Lipinski definition) is 3. The summed E-state index contributed by atoms with van der Waals surface area (Å²) in [5.74, 6) is -0.0802. The second-order valence-electron chi connectivity index (χ2n) is 15.4. The number of hydrogen-bond donors (Lipinski definition) is 3. The molecule has 0 rings (SSSR count). The van der Waals surface area contributed by atoms with E-state index in [0.29, 0.717) is 6.42 Å². The molecule has 1 amide bonds. The summed E-state index contributed by atoms with van der Waals surface area (Å²) in [5, 5.41) is 23.0. The number of amides is 1. The average Bonchev–Trinajstić information content (AvgIpc) is 3.16. The summed E-state index contributed by atoms with van der Waals surface area (Å²) in [6, 6.07) is -0.647. The summed E-state index contributed by atoms with van der Waals surface area (Å²) in [6.45, 7) is 4.27. The van der Waals surface area contributed by atoms with Crippen LogP contribution in [0.2, 0.25) is 0 Å². The molecule has 0 fully saturated rings. The highest BCUT2D eigenvalue weighted by Crippen LogP contribution is 2.14. The summed E-state index contributed by atoms with van der Waals surface area (Å²) in [5.41, 5.74) is 0. The molecule has 53 heavy (non-hydrogen) atoms. The van der Waals surface area contributed by atoms with Crippen LogP contribution in [0.3, 0.4) is 0 Å². The Morgan fingerprint density at radius 1 is 0.453 bits per heavy atom. The molecule has 0 aliphatic carbocycles. The van der Waals surface area contributed by atoms with Crippen LogP contribution >= 0.6 is 0 Å². The Labute approximate surface area is 330 Å². The van der Waals surface area contributed by atoms with E-state index in [1.54, 1.807) is 6.08 Å². The van der Waals surface area contributed by atoms with Gasteiger partial charge >= 0.3 is 0 Å². The number of carbonyl (C=O) groups is 1. The maximum Gasteiger partial charge on any atom is 0.220 e. The molecule has 0 aliphatic rings. The van der Waals surface area contributed by atoms with Gasteiger partial charge < -0.3 is 15.5 Å². The summed E-state index contributed by atoms with van der Waals surface area (Å²) >= 11 is 0. The molecule has 0 aromatic heterocycles. The summed E-state index contributed by atoms with van der Waals surface area (Å²) < 4.78 is 0. The molecule has 0 saturated heterocycles. The van der Waals surface area contributed by atoms with Gasteiger partial charge in [-0.15, -0.1) is 0 Å². The molecular formula is C49H89NO3. The zero-order valence-electron chi connectivity index (χ0n) is 35.3. The van der Waals surface area contributed by atoms with E-state index in [9.17, 15) is 15.0 Å². The van der Waals surface area contributed by atoms with Crippen LogP contribution in [0.1, 0.15) is 226 Å². The van der Waals surface area contributed by atoms with Crippen LogP contribution in [0.15, 0.2) is 60.8 Å². The van der Waals surface area contributed by atoms with Crippen LogP contribution in [0, 0.1) is 0 Å². The molecule has 0 heterocycles. The fraction of sp³-hybridized carbons (Fsp3) is 0.776. The molecule has 0 saturated carbocycles. The van der Waals surface area contributed by atoms with Gasteiger partial charge in [-0.3, -0.25) is 4.79 Å². The minimum atomic E-state index is -0.871. The van der Waals surface area contributed by atoms with Crippen molar-refractivity contribution in [3.8, 4) is 0 Å². The van der Waals surface area contributed by atoms with Crippen molar-refractivity contribution in [1.82, 2.24) is 5.32 Å². The Morgan fingerprint density at radius 3 is 1.21 bits per heavy atom. The fourth-order valence-electron chi connectivity index (χ4n) is 6.65. The molecule has 0 radical (unpaired) electrons. The van der Waals surface area contributed by atoms with Crippen molar-refractivity contribution in [3.05, 3.63) is 60.8 Å². The molecule has 0 aliphatic heterocycles. The summed E-state index contributed by atoms with van der Waals surface area (Å²) in [7, 11) is 0. The van der Waals surface area contributed by atoms with E-state index < -0.39 is 12.1 Å². The van der Waals surface area contributed by atoms with Gasteiger partial charge in [0.05, 0.1) is 18.8 Å². The van der Waals surface area contributed by atoms with Crippen LogP contribution in [0.4, 0.5) is 0 Å². The smallest absolute Gasteiger partial charge is 0.220 e. The molecule has 4 nitrogen and oxygen atoms in total. The van der Waals surface area contributed by atoms with E-state index in [1.165, 1.54) is 161 Å². The monoisotopic (exact) mass is 740 g/mol. The van der Waals surface area contributed by atoms with Gasteiger partial charge in [-0.1, -0.05) is 203 Å². The first-order valence-electron chi connectivity index (χ1n) is 23.0. The highest BCUT2D eigenvalue weighted by atomic mass is 16.3. The highest BCUT2D eigenvalue weighted by Gasteiger charge is 2.17. The highest BCUT2D eigenvalue weighted by molar-refractivity contribution is 5.76. The van der Waals surface area contributed by atoms with Crippen molar-refractivity contribution in [3.63, 3.8) is 0 Å². The van der Waals surface area contributed by atoms with Gasteiger partial charge in [-0.25, -0.2) is 0 Å². The predicted octanol–water partition coefficient (Wildman–Crippen LogP) is 14.5. The number of carbonyl (C=O) groups excluding carboxylic acids is 1. The minimum absolute atomic E-state index is 0.0802. The first-order chi connectivity index (χ1) is 26.2. The molecule has 0 bridgehead atoms. The quantitative estimate of drug-likeness (QED) is 0.0432. The maximum atomic E-state index is 12.4. The molecule has 3 N–H and O–H groups in total. The van der Waals surface area contributed by atoms with Crippen LogP contribution < -0.4 is 5.32 Å². The number of nitrogens with one attached hydrogen (secondary N) is 1. The number of aliphatic hydroxyl groups excluding tert-OH is 2. The van der Waals surface area contributed by atoms with Gasteiger partial charge in [0.1, 0.15) is 0 Å². The fourth-order valence-corrected chi connectivity index (χ4v) is 6.65. The molecule has 0 aromatic carbocycles. The van der Waals surface area contributed by atoms with Crippen molar-refractivity contribution >= 4 is 5.91 Å². The zero-order valence-corrected chi connectivity index (χ0v) is 35.3. The average molecular weight is 740 g/mol. The van der Waals surface area contributed by atoms with E-state index in [1.807, 2.05) is 6.08 Å². The predicted molar refractivity (Wildman–Crippen MR) is 234 cm³/mol. The molecule has 0 aromatic rings. The lowest BCUT2D eigenvalue weighted by Gasteiger charge is -2.19. The van der Waals surface area contributed by atoms with Gasteiger partial charge in [0.15, 0.2) is 0 Å². The Kier molecular flexibility index (Phi) is 42.9. The van der Waals surface area contributed by atoms with Crippen molar-refractivity contribution < 1.29 is 15.0 Å². The summed E-state index contributed by atoms with van der Waals surface area (Å²) in [4.78, 5) is 12.4. The van der Waals surface area contributed by atoms with Gasteiger partial charge in [0.2, 0.25) is 5.91 Å². The number of rotatable bonds is 41. The lowest BCUT2D eigenvalue weighted by molar-refractivity contribution is -0.123. The van der Waals surface area contributed by atoms with Crippen LogP contribution in [0.25, 0.3) is 0 Å². The number of unbranched alkanes of at least 4 members (excludes halogenated alkanes) is 26. The third kappa shape index (κ3) is 41.1. The zero-order chi connectivity index (χ0) is 38.6. The third-order valence-corrected chi connectivity index (χ3v) is 10.2. The van der Waals surface area contributed by atoms with Gasteiger partial charge in [-0.2, -0.15) is 0 Å².